The van der Waals surface area contributed by atoms with Crippen molar-refractivity contribution >= 4 is 43.2 Å². The molecular formula is C15H15Br2NS. The monoisotopic (exact) mass is 399 g/mol. The van der Waals surface area contributed by atoms with E-state index in [9.17, 15) is 0 Å². The average molecular weight is 401 g/mol. The molecule has 2 aromatic rings. The summed E-state index contributed by atoms with van der Waals surface area (Å²) >= 11 is 8.87. The molecule has 0 amide bonds. The number of nitrogens with two attached hydrogens (primary N) is 1. The van der Waals surface area contributed by atoms with E-state index in [1.54, 1.807) is 11.3 Å². The van der Waals surface area contributed by atoms with E-state index in [0.717, 1.165) is 7.57 Å². The average Bonchev–Trinajstić information content (AvgIpc) is 2.76. The summed E-state index contributed by atoms with van der Waals surface area (Å²) in [4.78, 5) is 0. The Bertz CT molecular complexity index is 594. The highest BCUT2D eigenvalue weighted by Crippen LogP contribution is 2.43. The lowest BCUT2D eigenvalue weighted by molar-refractivity contribution is 0.474. The molecule has 19 heavy (non-hydrogen) atoms. The van der Waals surface area contributed by atoms with Crippen LogP contribution in [0.3, 0.4) is 0 Å². The van der Waals surface area contributed by atoms with Crippen LogP contribution < -0.4 is 5.73 Å². The molecule has 1 aromatic carbocycles. The van der Waals surface area contributed by atoms with Crippen LogP contribution in [-0.4, -0.2) is 0 Å². The van der Waals surface area contributed by atoms with Crippen molar-refractivity contribution in [3.63, 3.8) is 0 Å². The largest absolute Gasteiger partial charge is 0.323 e. The SMILES string of the molecule is NC(c1cc(Br)sc1Br)C1CCCc2ccccc21. The summed E-state index contributed by atoms with van der Waals surface area (Å²) in [5, 5.41) is 0. The van der Waals surface area contributed by atoms with E-state index < -0.39 is 0 Å². The van der Waals surface area contributed by atoms with Crippen molar-refractivity contribution in [1.82, 2.24) is 0 Å². The van der Waals surface area contributed by atoms with Crippen LogP contribution >= 0.6 is 43.2 Å². The molecule has 0 aliphatic heterocycles. The van der Waals surface area contributed by atoms with Crippen molar-refractivity contribution in [2.45, 2.75) is 31.2 Å². The molecule has 4 heteroatoms. The van der Waals surface area contributed by atoms with Gasteiger partial charge in [0.05, 0.1) is 7.57 Å². The van der Waals surface area contributed by atoms with E-state index in [4.69, 9.17) is 5.73 Å². The summed E-state index contributed by atoms with van der Waals surface area (Å²) in [7, 11) is 0. The van der Waals surface area contributed by atoms with Crippen molar-refractivity contribution in [3.05, 3.63) is 54.6 Å². The second-order valence-electron chi connectivity index (χ2n) is 5.00. The minimum atomic E-state index is 0.0679. The first-order chi connectivity index (χ1) is 9.16. The Balaban J connectivity index is 1.97. The van der Waals surface area contributed by atoms with Gasteiger partial charge in [-0.05, 0) is 73.9 Å². The van der Waals surface area contributed by atoms with E-state index >= 15 is 0 Å². The molecule has 1 aliphatic carbocycles. The predicted molar refractivity (Wildman–Crippen MR) is 88.8 cm³/mol. The number of hydrogen-bond donors (Lipinski definition) is 1. The molecule has 2 N–H and O–H groups in total. The van der Waals surface area contributed by atoms with Crippen LogP contribution in [0.4, 0.5) is 0 Å². The topological polar surface area (TPSA) is 26.0 Å². The van der Waals surface area contributed by atoms with E-state index in [-0.39, 0.29) is 6.04 Å². The first kappa shape index (κ1) is 13.8. The number of halogens is 2. The van der Waals surface area contributed by atoms with Gasteiger partial charge >= 0.3 is 0 Å². The molecule has 100 valence electrons. The Morgan fingerprint density at radius 3 is 2.79 bits per heavy atom. The second-order valence-corrected chi connectivity index (χ2v) is 8.75. The molecule has 0 saturated heterocycles. The minimum absolute atomic E-state index is 0.0679. The third kappa shape index (κ3) is 2.68. The minimum Gasteiger partial charge on any atom is -0.323 e. The summed E-state index contributed by atoms with van der Waals surface area (Å²) in [6.45, 7) is 0. The van der Waals surface area contributed by atoms with Crippen molar-refractivity contribution in [1.29, 1.82) is 0 Å². The zero-order valence-electron chi connectivity index (χ0n) is 10.4. The lowest BCUT2D eigenvalue weighted by Crippen LogP contribution is -2.23. The Morgan fingerprint density at radius 2 is 2.05 bits per heavy atom. The third-order valence-electron chi connectivity index (χ3n) is 3.89. The van der Waals surface area contributed by atoms with Crippen molar-refractivity contribution in [3.8, 4) is 0 Å². The molecule has 1 heterocycles. The van der Waals surface area contributed by atoms with E-state index in [2.05, 4.69) is 62.2 Å². The first-order valence-electron chi connectivity index (χ1n) is 6.45. The van der Waals surface area contributed by atoms with E-state index in [1.165, 1.54) is 36.0 Å². The highest BCUT2D eigenvalue weighted by Gasteiger charge is 2.28. The number of fused-ring (bicyclic) bond motifs is 1. The Kier molecular flexibility index (Phi) is 4.13. The third-order valence-corrected chi connectivity index (χ3v) is 6.28. The Morgan fingerprint density at radius 1 is 1.26 bits per heavy atom. The van der Waals surface area contributed by atoms with Gasteiger partial charge in [0.15, 0.2) is 0 Å². The molecule has 0 radical (unpaired) electrons. The lowest BCUT2D eigenvalue weighted by Gasteiger charge is -2.30. The van der Waals surface area contributed by atoms with Gasteiger partial charge in [-0.25, -0.2) is 0 Å². The Labute approximate surface area is 134 Å². The molecule has 1 nitrogen and oxygen atoms in total. The maximum Gasteiger partial charge on any atom is 0.0758 e. The lowest BCUT2D eigenvalue weighted by atomic mass is 9.77. The number of benzene rings is 1. The molecule has 0 saturated carbocycles. The first-order valence-corrected chi connectivity index (χ1v) is 8.85. The van der Waals surface area contributed by atoms with Crippen LogP contribution in [0.25, 0.3) is 0 Å². The number of thiophene rings is 1. The molecule has 0 bridgehead atoms. The second kappa shape index (κ2) is 5.68. The summed E-state index contributed by atoms with van der Waals surface area (Å²) in [5.74, 6) is 0.433. The quantitative estimate of drug-likeness (QED) is 0.718. The number of aryl methyl sites for hydroxylation is 1. The summed E-state index contributed by atoms with van der Waals surface area (Å²) in [6.07, 6.45) is 3.60. The zero-order chi connectivity index (χ0) is 13.4. The molecule has 1 aromatic heterocycles. The van der Waals surface area contributed by atoms with Crippen molar-refractivity contribution in [2.24, 2.45) is 5.73 Å². The molecule has 0 spiro atoms. The standard InChI is InChI=1S/C15H15Br2NS/c16-13-8-12(15(17)19-13)14(18)11-7-3-5-9-4-1-2-6-10(9)11/h1-2,4,6,8,11,14H,3,5,7,18H2. The van der Waals surface area contributed by atoms with Crippen molar-refractivity contribution < 1.29 is 0 Å². The molecule has 3 rings (SSSR count). The summed E-state index contributed by atoms with van der Waals surface area (Å²) in [6, 6.07) is 11.0. The maximum atomic E-state index is 6.55. The summed E-state index contributed by atoms with van der Waals surface area (Å²) < 4.78 is 2.28. The fraction of sp³-hybridized carbons (Fsp3) is 0.333. The van der Waals surface area contributed by atoms with E-state index in [1.807, 2.05) is 0 Å². The fourth-order valence-electron chi connectivity index (χ4n) is 2.96. The van der Waals surface area contributed by atoms with Crippen LogP contribution in [0, 0.1) is 0 Å². The van der Waals surface area contributed by atoms with Crippen LogP contribution in [0.2, 0.25) is 0 Å². The van der Waals surface area contributed by atoms with Gasteiger partial charge in [-0.15, -0.1) is 11.3 Å². The van der Waals surface area contributed by atoms with Crippen LogP contribution in [-0.2, 0) is 6.42 Å². The van der Waals surface area contributed by atoms with Gasteiger partial charge in [0.2, 0.25) is 0 Å². The van der Waals surface area contributed by atoms with Gasteiger partial charge in [-0.2, -0.15) is 0 Å². The Hall–Kier alpha value is -0.160. The van der Waals surface area contributed by atoms with Gasteiger partial charge < -0.3 is 5.73 Å². The molecule has 2 unspecified atom stereocenters. The summed E-state index contributed by atoms with van der Waals surface area (Å²) in [5.41, 5.74) is 10.7. The van der Waals surface area contributed by atoms with E-state index in [0.29, 0.717) is 5.92 Å². The predicted octanol–water partition coefficient (Wildman–Crippen LogP) is 5.39. The smallest absolute Gasteiger partial charge is 0.0758 e. The molecular weight excluding hydrogens is 386 g/mol. The highest BCUT2D eigenvalue weighted by molar-refractivity contribution is 9.12. The zero-order valence-corrected chi connectivity index (χ0v) is 14.4. The van der Waals surface area contributed by atoms with Gasteiger partial charge in [0.25, 0.3) is 0 Å². The van der Waals surface area contributed by atoms with Crippen LogP contribution in [0.1, 0.15) is 41.5 Å². The van der Waals surface area contributed by atoms with Gasteiger partial charge in [-0.1, -0.05) is 24.3 Å². The van der Waals surface area contributed by atoms with Gasteiger partial charge in [-0.3, -0.25) is 0 Å². The van der Waals surface area contributed by atoms with Crippen molar-refractivity contribution in [2.75, 3.05) is 0 Å². The van der Waals surface area contributed by atoms with Crippen LogP contribution in [0.5, 0.6) is 0 Å². The van der Waals surface area contributed by atoms with Gasteiger partial charge in [0.1, 0.15) is 0 Å². The molecule has 0 fully saturated rings. The van der Waals surface area contributed by atoms with Gasteiger partial charge in [0, 0.05) is 12.0 Å². The normalized spacial score (nSPS) is 20.1. The molecule has 2 atom stereocenters. The maximum absolute atomic E-state index is 6.55. The fourth-order valence-corrected chi connectivity index (χ4v) is 5.92. The number of rotatable bonds is 2. The van der Waals surface area contributed by atoms with Crippen LogP contribution in [0.15, 0.2) is 37.9 Å². The number of hydrogen-bond acceptors (Lipinski definition) is 2. The molecule has 1 aliphatic rings. The highest BCUT2D eigenvalue weighted by atomic mass is 79.9.